The van der Waals surface area contributed by atoms with Gasteiger partial charge in [-0.3, -0.25) is 4.79 Å². The number of nitrogens with one attached hydrogen (secondary N) is 1. The first-order chi connectivity index (χ1) is 24.6. The number of hydrogen-bond donors (Lipinski definition) is 2. The smallest absolute Gasteiger partial charge is 0.335 e. The summed E-state index contributed by atoms with van der Waals surface area (Å²) in [7, 11) is 0. The number of benzene rings is 2. The maximum Gasteiger partial charge on any atom is 0.335 e. The normalized spacial score (nSPS) is 12.9. The number of azo groups is 1. The average Bonchev–Trinajstić information content (AvgIpc) is 3.13. The molecule has 0 bridgehead atoms. The molecule has 0 aromatic heterocycles. The van der Waals surface area contributed by atoms with Crippen molar-refractivity contribution in [1.82, 2.24) is 0 Å². The second-order valence-electron chi connectivity index (χ2n) is 13.4. The SMILES string of the molecule is CCCCC(CC)CN(CC(CC)CCCC)c1cc(NC(=O)C(CC)CCCC)c(N=Nc2c(C#N)cc(C(=O)O)cc2C#N)cc1OCC. The molecule has 3 unspecified atom stereocenters. The minimum absolute atomic E-state index is 0.0382. The van der Waals surface area contributed by atoms with Crippen LogP contribution in [-0.4, -0.2) is 36.7 Å². The van der Waals surface area contributed by atoms with E-state index in [1.807, 2.05) is 32.1 Å². The zero-order valence-electron chi connectivity index (χ0n) is 32.1. The zero-order chi connectivity index (χ0) is 37.8. The van der Waals surface area contributed by atoms with Gasteiger partial charge in [0.15, 0.2) is 0 Å². The van der Waals surface area contributed by atoms with Gasteiger partial charge in [-0.2, -0.15) is 10.5 Å². The quantitative estimate of drug-likeness (QED) is 0.103. The summed E-state index contributed by atoms with van der Waals surface area (Å²) in [6.45, 7) is 17.1. The second kappa shape index (κ2) is 23.1. The number of carbonyl (C=O) groups excluding carboxylic acids is 1. The van der Waals surface area contributed by atoms with Crippen molar-refractivity contribution in [3.8, 4) is 17.9 Å². The van der Waals surface area contributed by atoms with Crippen LogP contribution in [0.25, 0.3) is 0 Å². The van der Waals surface area contributed by atoms with E-state index in [4.69, 9.17) is 4.74 Å². The van der Waals surface area contributed by atoms with Gasteiger partial charge in [-0.25, -0.2) is 4.79 Å². The Kier molecular flexibility index (Phi) is 19.4. The van der Waals surface area contributed by atoms with E-state index in [1.165, 1.54) is 12.1 Å². The van der Waals surface area contributed by atoms with E-state index in [1.54, 1.807) is 6.07 Å². The van der Waals surface area contributed by atoms with E-state index in [0.29, 0.717) is 42.0 Å². The highest BCUT2D eigenvalue weighted by Gasteiger charge is 2.25. The van der Waals surface area contributed by atoms with Crippen LogP contribution in [0.4, 0.5) is 22.7 Å². The molecule has 3 atom stereocenters. The molecule has 10 nitrogen and oxygen atoms in total. The Morgan fingerprint density at radius 1 is 0.804 bits per heavy atom. The number of amides is 1. The summed E-state index contributed by atoms with van der Waals surface area (Å²) >= 11 is 0. The van der Waals surface area contributed by atoms with Crippen LogP contribution < -0.4 is 15.0 Å². The first-order valence-electron chi connectivity index (χ1n) is 19.1. The van der Waals surface area contributed by atoms with Gasteiger partial charge in [-0.05, 0) is 62.6 Å². The van der Waals surface area contributed by atoms with Crippen molar-refractivity contribution in [1.29, 1.82) is 10.5 Å². The number of nitriles is 2. The summed E-state index contributed by atoms with van der Waals surface area (Å²) in [5.74, 6) is 0.0427. The molecule has 10 heteroatoms. The fourth-order valence-electron chi connectivity index (χ4n) is 6.33. The number of carboxylic acids is 1. The molecule has 51 heavy (non-hydrogen) atoms. The van der Waals surface area contributed by atoms with Crippen molar-refractivity contribution in [2.75, 3.05) is 29.9 Å². The van der Waals surface area contributed by atoms with E-state index in [0.717, 1.165) is 89.4 Å². The predicted molar refractivity (Wildman–Crippen MR) is 205 cm³/mol. The highest BCUT2D eigenvalue weighted by molar-refractivity contribution is 5.96. The summed E-state index contributed by atoms with van der Waals surface area (Å²) in [5.41, 5.74) is 1.26. The molecule has 278 valence electrons. The summed E-state index contributed by atoms with van der Waals surface area (Å²) in [6.07, 6.45) is 12.4. The number of carboxylic acid groups (broad SMARTS) is 1. The molecule has 0 aliphatic carbocycles. The first-order valence-corrected chi connectivity index (χ1v) is 19.1. The number of unbranched alkanes of at least 4 members (excludes halogenated alkanes) is 3. The van der Waals surface area contributed by atoms with Crippen LogP contribution in [0.5, 0.6) is 5.75 Å². The van der Waals surface area contributed by atoms with Crippen molar-refractivity contribution < 1.29 is 19.4 Å². The van der Waals surface area contributed by atoms with Crippen LogP contribution >= 0.6 is 0 Å². The topological polar surface area (TPSA) is 151 Å². The molecule has 2 aromatic carbocycles. The standard InChI is InChI=1S/C41H60N6O4/c1-8-15-18-29(11-4)27-47(28-30(12-5)19-16-9-2)37-23-35(44-40(48)31(13-6)20-17-10-3)36(24-38(37)51-14-7)45-46-39-33(25-42)21-32(41(49)50)22-34(39)26-43/h21-24,29-31H,8-20,27-28H2,1-7H3,(H,44,48)(H,49,50). The number of nitrogens with zero attached hydrogens (tertiary/aromatic N) is 5. The monoisotopic (exact) mass is 700 g/mol. The molecule has 0 saturated heterocycles. The van der Waals surface area contributed by atoms with Gasteiger partial charge >= 0.3 is 5.97 Å². The van der Waals surface area contributed by atoms with Gasteiger partial charge in [0.1, 0.15) is 29.3 Å². The Hall–Kier alpha value is -4.44. The molecule has 0 fully saturated rings. The van der Waals surface area contributed by atoms with Gasteiger partial charge in [0.05, 0.1) is 34.7 Å². The predicted octanol–water partition coefficient (Wildman–Crippen LogP) is 11.3. The van der Waals surface area contributed by atoms with Crippen molar-refractivity contribution in [2.45, 2.75) is 126 Å². The Morgan fingerprint density at radius 3 is 1.80 bits per heavy atom. The molecule has 0 radical (unpaired) electrons. The van der Waals surface area contributed by atoms with E-state index in [-0.39, 0.29) is 34.2 Å². The third-order valence-electron chi connectivity index (χ3n) is 9.64. The third-order valence-corrected chi connectivity index (χ3v) is 9.64. The second-order valence-corrected chi connectivity index (χ2v) is 13.4. The van der Waals surface area contributed by atoms with Crippen LogP contribution in [0.2, 0.25) is 0 Å². The summed E-state index contributed by atoms with van der Waals surface area (Å²) < 4.78 is 6.29. The molecular formula is C41H60N6O4. The van der Waals surface area contributed by atoms with Gasteiger partial charge in [-0.15, -0.1) is 10.2 Å². The van der Waals surface area contributed by atoms with Gasteiger partial charge in [0, 0.05) is 25.1 Å². The number of hydrogen-bond acceptors (Lipinski definition) is 8. The summed E-state index contributed by atoms with van der Waals surface area (Å²) in [6, 6.07) is 9.99. The number of aromatic carboxylic acids is 1. The lowest BCUT2D eigenvalue weighted by Gasteiger charge is -2.34. The molecule has 0 heterocycles. The van der Waals surface area contributed by atoms with Crippen LogP contribution in [0.15, 0.2) is 34.5 Å². The van der Waals surface area contributed by atoms with Crippen molar-refractivity contribution in [2.24, 2.45) is 28.0 Å². The van der Waals surface area contributed by atoms with Gasteiger partial charge in [-0.1, -0.05) is 92.9 Å². The lowest BCUT2D eigenvalue weighted by Crippen LogP contribution is -2.34. The molecule has 0 aliphatic rings. The maximum atomic E-state index is 13.8. The molecule has 1 amide bonds. The number of anilines is 2. The lowest BCUT2D eigenvalue weighted by molar-refractivity contribution is -0.120. The zero-order valence-corrected chi connectivity index (χ0v) is 32.1. The molecule has 0 saturated carbocycles. The summed E-state index contributed by atoms with van der Waals surface area (Å²) in [4.78, 5) is 27.9. The van der Waals surface area contributed by atoms with Gasteiger partial charge in [0.25, 0.3) is 0 Å². The highest BCUT2D eigenvalue weighted by Crippen LogP contribution is 2.42. The number of ether oxygens (including phenoxy) is 1. The highest BCUT2D eigenvalue weighted by atomic mass is 16.5. The number of carbonyl (C=O) groups is 2. The fourth-order valence-corrected chi connectivity index (χ4v) is 6.33. The van der Waals surface area contributed by atoms with E-state index in [9.17, 15) is 25.2 Å². The van der Waals surface area contributed by atoms with Gasteiger partial charge < -0.3 is 20.1 Å². The maximum absolute atomic E-state index is 13.8. The molecule has 2 N–H and O–H groups in total. The van der Waals surface area contributed by atoms with Crippen molar-refractivity contribution >= 4 is 34.6 Å². The Labute approximate surface area is 306 Å². The van der Waals surface area contributed by atoms with Crippen LogP contribution in [0.1, 0.15) is 147 Å². The van der Waals surface area contributed by atoms with Gasteiger partial charge in [0.2, 0.25) is 5.91 Å². The van der Waals surface area contributed by atoms with E-state index < -0.39 is 5.97 Å². The Balaban J connectivity index is 2.86. The Bertz CT molecular complexity index is 1470. The molecule has 2 aromatic rings. The van der Waals surface area contributed by atoms with E-state index in [2.05, 4.69) is 55.1 Å². The Morgan fingerprint density at radius 2 is 1.35 bits per heavy atom. The third kappa shape index (κ3) is 13.0. The fraction of sp³-hybridized carbons (Fsp3) is 0.610. The van der Waals surface area contributed by atoms with Crippen molar-refractivity contribution in [3.05, 3.63) is 41.0 Å². The molecule has 2 rings (SSSR count). The van der Waals surface area contributed by atoms with Crippen LogP contribution in [0, 0.1) is 40.4 Å². The molecule has 0 spiro atoms. The van der Waals surface area contributed by atoms with Crippen LogP contribution in [-0.2, 0) is 4.79 Å². The molecule has 0 aliphatic heterocycles. The lowest BCUT2D eigenvalue weighted by atomic mass is 9.95. The van der Waals surface area contributed by atoms with E-state index >= 15 is 0 Å². The van der Waals surface area contributed by atoms with Crippen molar-refractivity contribution in [3.63, 3.8) is 0 Å². The number of rotatable bonds is 24. The largest absolute Gasteiger partial charge is 0.492 e. The first kappa shape index (κ1) is 42.7. The molecular weight excluding hydrogens is 640 g/mol. The average molecular weight is 701 g/mol. The minimum Gasteiger partial charge on any atom is -0.492 e. The summed E-state index contributed by atoms with van der Waals surface area (Å²) in [5, 5.41) is 41.2. The minimum atomic E-state index is -1.26. The van der Waals surface area contributed by atoms with Crippen LogP contribution in [0.3, 0.4) is 0 Å².